The van der Waals surface area contributed by atoms with E-state index in [9.17, 15) is 9.59 Å². The molecule has 11 heteroatoms. The predicted molar refractivity (Wildman–Crippen MR) is 147 cm³/mol. The molecule has 204 valence electrons. The summed E-state index contributed by atoms with van der Waals surface area (Å²) in [7, 11) is -4.11. The smallest absolute Gasteiger partial charge is 0.413 e. The van der Waals surface area contributed by atoms with Gasteiger partial charge in [0, 0.05) is 12.6 Å². The van der Waals surface area contributed by atoms with Crippen LogP contribution >= 0.6 is 0 Å². The maximum atomic E-state index is 12.8. The third-order valence-electron chi connectivity index (χ3n) is 7.55. The zero-order chi connectivity index (χ0) is 27.5. The number of hydrogen-bond acceptors (Lipinski definition) is 7. The van der Waals surface area contributed by atoms with Crippen molar-refractivity contribution in [2.45, 2.75) is 103 Å². The van der Waals surface area contributed by atoms with Gasteiger partial charge < -0.3 is 18.3 Å². The molecule has 2 rings (SSSR count). The molecule has 3 atom stereocenters. The zero-order valence-electron chi connectivity index (χ0n) is 23.6. The molecule has 1 aromatic rings. The second-order valence-electron chi connectivity index (χ2n) is 12.4. The second-order valence-corrected chi connectivity index (χ2v) is 21.9. The summed E-state index contributed by atoms with van der Waals surface area (Å²) in [5.74, 6) is 0.107. The first-order valence-electron chi connectivity index (χ1n) is 12.5. The van der Waals surface area contributed by atoms with Gasteiger partial charge in [0.2, 0.25) is 0 Å². The topological polar surface area (TPSA) is 101 Å². The first-order chi connectivity index (χ1) is 16.4. The summed E-state index contributed by atoms with van der Waals surface area (Å²) >= 11 is 0. The molecule has 0 aliphatic carbocycles. The Kier molecular flexibility index (Phi) is 9.55. The number of nitrogens with zero attached hydrogens (tertiary/aromatic N) is 2. The minimum absolute atomic E-state index is 0.0296. The van der Waals surface area contributed by atoms with E-state index < -0.39 is 34.6 Å². The minimum Gasteiger partial charge on any atom is -0.445 e. The highest BCUT2D eigenvalue weighted by Gasteiger charge is 2.46. The normalized spacial score (nSPS) is 21.3. The lowest BCUT2D eigenvalue weighted by Crippen LogP contribution is -2.48. The summed E-state index contributed by atoms with van der Waals surface area (Å²) in [6.45, 7) is 26.0. The van der Waals surface area contributed by atoms with Crippen molar-refractivity contribution < 1.29 is 23.1 Å². The van der Waals surface area contributed by atoms with Crippen LogP contribution < -0.4 is 11.0 Å². The third-order valence-corrected chi connectivity index (χ3v) is 16.6. The van der Waals surface area contributed by atoms with Gasteiger partial charge in [-0.15, -0.1) is 0 Å². The summed E-state index contributed by atoms with van der Waals surface area (Å²) < 4.78 is 26.0. The molecule has 0 radical (unpaired) electrons. The number of carbonyl (C=O) groups excluding carboxylic acids is 1. The number of rotatable bonds is 9. The Morgan fingerprint density at radius 2 is 1.81 bits per heavy atom. The van der Waals surface area contributed by atoms with Gasteiger partial charge in [-0.3, -0.25) is 9.88 Å². The number of hydrogen-bond donors (Lipinski definition) is 1. The Bertz CT molecular complexity index is 981. The van der Waals surface area contributed by atoms with E-state index in [1.54, 1.807) is 12.3 Å². The van der Waals surface area contributed by atoms with Crippen LogP contribution in [0.15, 0.2) is 29.7 Å². The van der Waals surface area contributed by atoms with Gasteiger partial charge in [-0.05, 0) is 42.3 Å². The van der Waals surface area contributed by atoms with Gasteiger partial charge in [-0.1, -0.05) is 54.2 Å². The molecule has 0 bridgehead atoms. The SMILES string of the molecule is C=CCOC(=O)Nc1ccn([C@H]2C[C@H](O[Si](C)(C)C(C)(C)C)[C@@H](CO[Si](C)(C)C(C)(C)C)O2)c(=O)n1. The molecule has 0 saturated carbocycles. The van der Waals surface area contributed by atoms with Gasteiger partial charge in [0.1, 0.15) is 24.8 Å². The number of nitrogens with one attached hydrogen (secondary N) is 1. The van der Waals surface area contributed by atoms with E-state index in [0.29, 0.717) is 13.0 Å². The van der Waals surface area contributed by atoms with Crippen molar-refractivity contribution in [1.29, 1.82) is 0 Å². The lowest BCUT2D eigenvalue weighted by atomic mass is 10.2. The molecule has 0 aromatic carbocycles. The fourth-order valence-electron chi connectivity index (χ4n) is 3.18. The van der Waals surface area contributed by atoms with Gasteiger partial charge >= 0.3 is 11.8 Å². The van der Waals surface area contributed by atoms with E-state index in [4.69, 9.17) is 18.3 Å². The number of anilines is 1. The third kappa shape index (κ3) is 7.61. The summed E-state index contributed by atoms with van der Waals surface area (Å²) in [5, 5.41) is 2.54. The van der Waals surface area contributed by atoms with Crippen LogP contribution in [0.1, 0.15) is 54.2 Å². The average molecular weight is 540 g/mol. The highest BCUT2D eigenvalue weighted by Crippen LogP contribution is 2.42. The Morgan fingerprint density at radius 1 is 1.19 bits per heavy atom. The van der Waals surface area contributed by atoms with E-state index in [1.165, 1.54) is 10.6 Å². The molecule has 1 amide bonds. The van der Waals surface area contributed by atoms with Crippen molar-refractivity contribution in [3.05, 3.63) is 35.4 Å². The standard InChI is InChI=1S/C25H45N3O6Si2/c1-12-15-31-23(30)27-20-13-14-28(22(29)26-20)21-16-18(34-36(10,11)25(5,6)7)19(33-21)17-32-35(8,9)24(2,3)4/h12-14,18-19,21H,1,15-17H2,2-11H3,(H,26,27,29,30)/t18-,19+,21+/m0/s1. The van der Waals surface area contributed by atoms with Crippen LogP contribution in [0.3, 0.4) is 0 Å². The number of amides is 1. The van der Waals surface area contributed by atoms with Crippen molar-refractivity contribution in [2.75, 3.05) is 18.5 Å². The van der Waals surface area contributed by atoms with Crippen LogP contribution in [0.25, 0.3) is 0 Å². The Morgan fingerprint density at radius 3 is 2.33 bits per heavy atom. The van der Waals surface area contributed by atoms with Crippen molar-refractivity contribution >= 4 is 28.5 Å². The molecule has 36 heavy (non-hydrogen) atoms. The largest absolute Gasteiger partial charge is 0.445 e. The molecule has 1 aliphatic rings. The molecular formula is C25H45N3O6Si2. The van der Waals surface area contributed by atoms with Crippen LogP contribution in [-0.4, -0.2) is 57.7 Å². The highest BCUT2D eigenvalue weighted by molar-refractivity contribution is 6.74. The number of ether oxygens (including phenoxy) is 2. The van der Waals surface area contributed by atoms with E-state index in [0.717, 1.165) is 0 Å². The van der Waals surface area contributed by atoms with Crippen molar-refractivity contribution in [2.24, 2.45) is 0 Å². The fourth-order valence-corrected chi connectivity index (χ4v) is 5.56. The van der Waals surface area contributed by atoms with Crippen molar-refractivity contribution in [1.82, 2.24) is 9.55 Å². The van der Waals surface area contributed by atoms with Gasteiger partial charge in [-0.2, -0.15) is 4.98 Å². The monoisotopic (exact) mass is 539 g/mol. The van der Waals surface area contributed by atoms with Crippen molar-refractivity contribution in [3.8, 4) is 0 Å². The summed E-state index contributed by atoms with van der Waals surface area (Å²) in [5.41, 5.74) is -0.529. The maximum Gasteiger partial charge on any atom is 0.413 e. The summed E-state index contributed by atoms with van der Waals surface area (Å²) in [6, 6.07) is 1.54. The zero-order valence-corrected chi connectivity index (χ0v) is 25.6. The van der Waals surface area contributed by atoms with Crippen LogP contribution in [0, 0.1) is 0 Å². The first-order valence-corrected chi connectivity index (χ1v) is 18.3. The Hall–Kier alpha value is -1.80. The van der Waals surface area contributed by atoms with Crippen LogP contribution in [0.2, 0.25) is 36.3 Å². The van der Waals surface area contributed by atoms with Crippen LogP contribution in [0.5, 0.6) is 0 Å². The van der Waals surface area contributed by atoms with Gasteiger partial charge in [0.05, 0.1) is 12.7 Å². The molecule has 1 N–H and O–H groups in total. The lowest BCUT2D eigenvalue weighted by molar-refractivity contribution is -0.0411. The molecule has 1 fully saturated rings. The maximum absolute atomic E-state index is 12.8. The highest BCUT2D eigenvalue weighted by atomic mass is 28.4. The molecule has 0 unspecified atom stereocenters. The lowest BCUT2D eigenvalue weighted by Gasteiger charge is -2.40. The number of aromatic nitrogens is 2. The van der Waals surface area contributed by atoms with Crippen LogP contribution in [0.4, 0.5) is 10.6 Å². The molecule has 1 aliphatic heterocycles. The van der Waals surface area contributed by atoms with Gasteiger partial charge in [0.25, 0.3) is 0 Å². The predicted octanol–water partition coefficient (Wildman–Crippen LogP) is 5.68. The molecule has 9 nitrogen and oxygen atoms in total. The fraction of sp³-hybridized carbons (Fsp3) is 0.720. The Labute approximate surface area is 217 Å². The summed E-state index contributed by atoms with van der Waals surface area (Å²) in [6.07, 6.45) is 1.76. The van der Waals surface area contributed by atoms with Crippen LogP contribution in [-0.2, 0) is 18.3 Å². The minimum atomic E-state index is -2.10. The second kappa shape index (κ2) is 11.3. The average Bonchev–Trinajstić information content (AvgIpc) is 3.10. The number of carbonyl (C=O) groups is 1. The summed E-state index contributed by atoms with van der Waals surface area (Å²) in [4.78, 5) is 28.6. The first kappa shape index (κ1) is 30.4. The van der Waals surface area contributed by atoms with E-state index >= 15 is 0 Å². The van der Waals surface area contributed by atoms with Crippen molar-refractivity contribution in [3.63, 3.8) is 0 Å². The molecular weight excluding hydrogens is 494 g/mol. The van der Waals surface area contributed by atoms with Gasteiger partial charge in [0.15, 0.2) is 16.6 Å². The molecule has 0 spiro atoms. The molecule has 1 saturated heterocycles. The quantitative estimate of drug-likeness (QED) is 0.318. The molecule has 1 aromatic heterocycles. The van der Waals surface area contributed by atoms with E-state index in [1.807, 2.05) is 0 Å². The van der Waals surface area contributed by atoms with E-state index in [-0.39, 0.29) is 34.7 Å². The molecule has 2 heterocycles. The van der Waals surface area contributed by atoms with E-state index in [2.05, 4.69) is 84.6 Å². The van der Waals surface area contributed by atoms with Gasteiger partial charge in [-0.25, -0.2) is 9.59 Å². The Balaban J connectivity index is 2.25.